The molecule has 0 aromatic heterocycles. The van der Waals surface area contributed by atoms with Gasteiger partial charge in [-0.3, -0.25) is 0 Å². The predicted octanol–water partition coefficient (Wildman–Crippen LogP) is 1.13. The molecule has 0 spiro atoms. The first-order chi connectivity index (χ1) is 7.15. The van der Waals surface area contributed by atoms with Crippen molar-refractivity contribution in [2.75, 3.05) is 14.1 Å². The lowest BCUT2D eigenvalue weighted by Gasteiger charge is -2.33. The van der Waals surface area contributed by atoms with Crippen LogP contribution in [-0.2, 0) is 15.6 Å². The number of rotatable bonds is 3. The molecular weight excluding hydrogens is 224 g/mol. The number of hydrogen-bond acceptors (Lipinski definition) is 3. The third kappa shape index (κ3) is 2.61. The summed E-state index contributed by atoms with van der Waals surface area (Å²) in [6.07, 6.45) is 0. The van der Waals surface area contributed by atoms with Gasteiger partial charge in [-0.25, -0.2) is 13.6 Å². The number of sulfonamides is 1. The van der Waals surface area contributed by atoms with E-state index in [1.807, 2.05) is 14.1 Å². The zero-order valence-corrected chi connectivity index (χ0v) is 10.9. The van der Waals surface area contributed by atoms with Gasteiger partial charge < -0.3 is 4.90 Å². The van der Waals surface area contributed by atoms with Gasteiger partial charge in [-0.1, -0.05) is 12.1 Å². The summed E-state index contributed by atoms with van der Waals surface area (Å²) in [5.41, 5.74) is 0.904. The highest BCUT2D eigenvalue weighted by molar-refractivity contribution is 7.89. The Balaban J connectivity index is 3.14. The fourth-order valence-corrected chi connectivity index (χ4v) is 1.83. The molecule has 2 N–H and O–H groups in total. The van der Waals surface area contributed by atoms with E-state index >= 15 is 0 Å². The average molecular weight is 242 g/mol. The lowest BCUT2D eigenvalue weighted by atomic mass is 9.93. The summed E-state index contributed by atoms with van der Waals surface area (Å²) in [5, 5.41) is 5.04. The molecule has 0 saturated heterocycles. The molecule has 0 radical (unpaired) electrons. The monoisotopic (exact) mass is 242 g/mol. The molecule has 0 amide bonds. The second kappa shape index (κ2) is 4.16. The summed E-state index contributed by atoms with van der Waals surface area (Å²) in [6, 6.07) is 6.66. The van der Waals surface area contributed by atoms with Crippen molar-refractivity contribution in [3.05, 3.63) is 29.8 Å². The number of hydrogen-bond donors (Lipinski definition) is 1. The van der Waals surface area contributed by atoms with Gasteiger partial charge in [0.05, 0.1) is 4.90 Å². The normalized spacial score (nSPS) is 13.1. The van der Waals surface area contributed by atoms with Crippen LogP contribution in [0.5, 0.6) is 0 Å². The van der Waals surface area contributed by atoms with Gasteiger partial charge in [0.2, 0.25) is 10.0 Å². The van der Waals surface area contributed by atoms with Crippen LogP contribution in [0.15, 0.2) is 29.2 Å². The van der Waals surface area contributed by atoms with Crippen LogP contribution in [0.3, 0.4) is 0 Å². The Morgan fingerprint density at radius 2 is 1.56 bits per heavy atom. The SMILES string of the molecule is CN(C)C(C)(C)c1ccc(S(N)(=O)=O)cc1. The molecule has 0 fully saturated rings. The van der Waals surface area contributed by atoms with Gasteiger partial charge >= 0.3 is 0 Å². The molecular formula is C11H18N2O2S. The molecule has 0 aliphatic rings. The van der Waals surface area contributed by atoms with Gasteiger partial charge in [-0.15, -0.1) is 0 Å². The first-order valence-corrected chi connectivity index (χ1v) is 6.51. The molecule has 4 nitrogen and oxygen atoms in total. The first-order valence-electron chi connectivity index (χ1n) is 4.96. The van der Waals surface area contributed by atoms with Crippen molar-refractivity contribution in [1.29, 1.82) is 0 Å². The van der Waals surface area contributed by atoms with E-state index in [0.717, 1.165) is 5.56 Å². The lowest BCUT2D eigenvalue weighted by Crippen LogP contribution is -2.35. The van der Waals surface area contributed by atoms with E-state index in [0.29, 0.717) is 0 Å². The zero-order chi connectivity index (χ0) is 12.6. The largest absolute Gasteiger partial charge is 0.300 e. The Kier molecular flexibility index (Phi) is 3.42. The maximum Gasteiger partial charge on any atom is 0.238 e. The standard InChI is InChI=1S/C11H18N2O2S/c1-11(2,13(3)4)9-5-7-10(8-6-9)16(12,14)15/h5-8H,1-4H3,(H2,12,14,15). The third-order valence-electron chi connectivity index (χ3n) is 3.01. The number of nitrogens with zero attached hydrogens (tertiary/aromatic N) is 1. The van der Waals surface area contributed by atoms with Crippen molar-refractivity contribution in [3.63, 3.8) is 0 Å². The molecule has 1 aromatic rings. The van der Waals surface area contributed by atoms with E-state index in [1.54, 1.807) is 12.1 Å². The molecule has 1 rings (SSSR count). The smallest absolute Gasteiger partial charge is 0.238 e. The van der Waals surface area contributed by atoms with Crippen LogP contribution in [-0.4, -0.2) is 27.4 Å². The van der Waals surface area contributed by atoms with Crippen LogP contribution in [0.25, 0.3) is 0 Å². The lowest BCUT2D eigenvalue weighted by molar-refractivity contribution is 0.197. The van der Waals surface area contributed by atoms with E-state index in [9.17, 15) is 8.42 Å². The average Bonchev–Trinajstić information content (AvgIpc) is 2.16. The molecule has 0 atom stereocenters. The van der Waals surface area contributed by atoms with Crippen LogP contribution in [0.1, 0.15) is 19.4 Å². The van der Waals surface area contributed by atoms with Crippen LogP contribution < -0.4 is 5.14 Å². The first kappa shape index (κ1) is 13.2. The minimum Gasteiger partial charge on any atom is -0.300 e. The van der Waals surface area contributed by atoms with Crippen LogP contribution in [0, 0.1) is 0 Å². The molecule has 90 valence electrons. The minimum atomic E-state index is -3.60. The van der Waals surface area contributed by atoms with Crippen molar-refractivity contribution in [1.82, 2.24) is 4.90 Å². The molecule has 0 aliphatic carbocycles. The van der Waals surface area contributed by atoms with Gasteiger partial charge in [-0.2, -0.15) is 0 Å². The summed E-state index contributed by atoms with van der Waals surface area (Å²) in [5.74, 6) is 0. The van der Waals surface area contributed by atoms with Crippen molar-refractivity contribution in [2.24, 2.45) is 5.14 Å². The van der Waals surface area contributed by atoms with E-state index in [2.05, 4.69) is 18.7 Å². The van der Waals surface area contributed by atoms with Gasteiger partial charge in [0.15, 0.2) is 0 Å². The molecule has 0 bridgehead atoms. The van der Waals surface area contributed by atoms with Crippen molar-refractivity contribution >= 4 is 10.0 Å². The Morgan fingerprint density at radius 3 is 1.88 bits per heavy atom. The summed E-state index contributed by atoms with van der Waals surface area (Å²) in [6.45, 7) is 4.14. The Hall–Kier alpha value is -0.910. The number of primary sulfonamides is 1. The highest BCUT2D eigenvalue weighted by Gasteiger charge is 2.23. The third-order valence-corrected chi connectivity index (χ3v) is 3.94. The summed E-state index contributed by atoms with van der Waals surface area (Å²) in [7, 11) is 0.361. The van der Waals surface area contributed by atoms with E-state index < -0.39 is 10.0 Å². The fourth-order valence-electron chi connectivity index (χ4n) is 1.31. The van der Waals surface area contributed by atoms with Gasteiger partial charge in [-0.05, 0) is 45.6 Å². The van der Waals surface area contributed by atoms with Crippen molar-refractivity contribution < 1.29 is 8.42 Å². The molecule has 0 saturated carbocycles. The second-order valence-electron chi connectivity index (χ2n) is 4.52. The van der Waals surface area contributed by atoms with Crippen molar-refractivity contribution in [2.45, 2.75) is 24.3 Å². The Labute approximate surface area is 97.1 Å². The molecule has 0 aliphatic heterocycles. The second-order valence-corrected chi connectivity index (χ2v) is 6.08. The minimum absolute atomic E-state index is 0.142. The molecule has 1 aromatic carbocycles. The van der Waals surface area contributed by atoms with E-state index in [-0.39, 0.29) is 10.4 Å². The predicted molar refractivity (Wildman–Crippen MR) is 64.5 cm³/mol. The fraction of sp³-hybridized carbons (Fsp3) is 0.455. The zero-order valence-electron chi connectivity index (χ0n) is 10.1. The topological polar surface area (TPSA) is 63.4 Å². The number of benzene rings is 1. The van der Waals surface area contributed by atoms with Gasteiger partial charge in [0.1, 0.15) is 0 Å². The van der Waals surface area contributed by atoms with Crippen LogP contribution in [0.4, 0.5) is 0 Å². The van der Waals surface area contributed by atoms with E-state index in [1.165, 1.54) is 12.1 Å². The molecule has 0 heterocycles. The maximum atomic E-state index is 11.1. The van der Waals surface area contributed by atoms with Crippen molar-refractivity contribution in [3.8, 4) is 0 Å². The highest BCUT2D eigenvalue weighted by Crippen LogP contribution is 2.25. The summed E-state index contributed by atoms with van der Waals surface area (Å²) in [4.78, 5) is 2.21. The number of nitrogens with two attached hydrogens (primary N) is 1. The van der Waals surface area contributed by atoms with Crippen LogP contribution in [0.2, 0.25) is 0 Å². The Morgan fingerprint density at radius 1 is 1.12 bits per heavy atom. The quantitative estimate of drug-likeness (QED) is 0.864. The van der Waals surface area contributed by atoms with E-state index in [4.69, 9.17) is 5.14 Å². The maximum absolute atomic E-state index is 11.1. The Bertz CT molecular complexity index is 461. The highest BCUT2D eigenvalue weighted by atomic mass is 32.2. The van der Waals surface area contributed by atoms with Gasteiger partial charge in [0.25, 0.3) is 0 Å². The van der Waals surface area contributed by atoms with Crippen LogP contribution >= 0.6 is 0 Å². The summed E-state index contributed by atoms with van der Waals surface area (Å²) < 4.78 is 22.2. The molecule has 0 unspecified atom stereocenters. The molecule has 5 heteroatoms. The molecule has 16 heavy (non-hydrogen) atoms. The summed E-state index contributed by atoms with van der Waals surface area (Å²) >= 11 is 0. The van der Waals surface area contributed by atoms with Gasteiger partial charge in [0, 0.05) is 5.54 Å².